The van der Waals surface area contributed by atoms with E-state index in [9.17, 15) is 0 Å². The molecule has 350 valence electrons. The van der Waals surface area contributed by atoms with Gasteiger partial charge in [-0.05, 0) is 147 Å². The van der Waals surface area contributed by atoms with Gasteiger partial charge < -0.3 is 4.90 Å². The minimum Gasteiger partial charge on any atom is -0.310 e. The standard InChI is InChI=1S/C72H53NSi/c1-4-49-44-51(46-58(45-49)74(57-26-12-7-13-27-57)69-34-20-16-30-63(69)64-31-17-21-35-70(64)74)50-36-38-54(39-37-50)73(55-40-42-61-59-28-14-18-32-65(59)71(2,3)67(61)47-55)56-41-43-62-60-29-15-19-33-66(60)72(68(62)48-56,52-22-8-5-9-23-52)53-24-10-6-11-25-53/h4-48H,1H2,2-3H3. The van der Waals surface area contributed by atoms with Crippen molar-refractivity contribution in [1.29, 1.82) is 0 Å². The van der Waals surface area contributed by atoms with Crippen LogP contribution in [0.5, 0.6) is 0 Å². The summed E-state index contributed by atoms with van der Waals surface area (Å²) in [6, 6.07) is 101. The fraction of sp³-hybridized carbons (Fsp3) is 0.0556. The van der Waals surface area contributed by atoms with Crippen molar-refractivity contribution in [2.45, 2.75) is 24.7 Å². The van der Waals surface area contributed by atoms with E-state index in [0.717, 1.165) is 28.2 Å². The van der Waals surface area contributed by atoms with Gasteiger partial charge in [-0.3, -0.25) is 0 Å². The molecule has 0 spiro atoms. The molecule has 0 saturated carbocycles. The zero-order valence-corrected chi connectivity index (χ0v) is 42.6. The Bertz CT molecular complexity index is 3920. The number of hydrogen-bond donors (Lipinski definition) is 0. The van der Waals surface area contributed by atoms with Gasteiger partial charge >= 0.3 is 0 Å². The molecule has 11 aromatic carbocycles. The molecule has 3 aliphatic rings. The zero-order valence-electron chi connectivity index (χ0n) is 41.6. The van der Waals surface area contributed by atoms with Gasteiger partial charge in [0, 0.05) is 22.5 Å². The van der Waals surface area contributed by atoms with Crippen molar-refractivity contribution in [2.75, 3.05) is 4.90 Å². The summed E-state index contributed by atoms with van der Waals surface area (Å²) in [7, 11) is -2.75. The Hall–Kier alpha value is -8.82. The Labute approximate surface area is 436 Å². The number of hydrogen-bond acceptors (Lipinski definition) is 1. The van der Waals surface area contributed by atoms with Gasteiger partial charge in [-0.2, -0.15) is 0 Å². The van der Waals surface area contributed by atoms with Crippen LogP contribution in [0.4, 0.5) is 17.1 Å². The van der Waals surface area contributed by atoms with Crippen molar-refractivity contribution in [1.82, 2.24) is 0 Å². The van der Waals surface area contributed by atoms with Gasteiger partial charge in [0.2, 0.25) is 0 Å². The Morgan fingerprint density at radius 3 is 1.41 bits per heavy atom. The normalized spacial score (nSPS) is 14.5. The molecule has 14 rings (SSSR count). The summed E-state index contributed by atoms with van der Waals surface area (Å²) in [6.07, 6.45) is 2.02. The van der Waals surface area contributed by atoms with Gasteiger partial charge in [-0.1, -0.05) is 251 Å². The predicted octanol–water partition coefficient (Wildman–Crippen LogP) is 15.5. The Balaban J connectivity index is 0.961. The molecule has 74 heavy (non-hydrogen) atoms. The lowest BCUT2D eigenvalue weighted by Crippen LogP contribution is -2.72. The van der Waals surface area contributed by atoms with Crippen molar-refractivity contribution < 1.29 is 0 Å². The minimum absolute atomic E-state index is 0.165. The van der Waals surface area contributed by atoms with Crippen LogP contribution in [0.1, 0.15) is 52.8 Å². The molecule has 0 fully saturated rings. The van der Waals surface area contributed by atoms with E-state index in [2.05, 4.69) is 292 Å². The van der Waals surface area contributed by atoms with Crippen LogP contribution in [0.25, 0.3) is 50.6 Å². The highest BCUT2D eigenvalue weighted by molar-refractivity contribution is 7.22. The summed E-state index contributed by atoms with van der Waals surface area (Å²) in [6.45, 7) is 9.12. The molecule has 2 aliphatic carbocycles. The second-order valence-corrected chi connectivity index (χ2v) is 24.5. The maximum Gasteiger partial charge on any atom is 0.180 e. The van der Waals surface area contributed by atoms with Gasteiger partial charge in [0.1, 0.15) is 0 Å². The molecular formula is C72H53NSi. The molecule has 0 N–H and O–H groups in total. The van der Waals surface area contributed by atoms with Crippen LogP contribution >= 0.6 is 0 Å². The molecule has 0 radical (unpaired) electrons. The van der Waals surface area contributed by atoms with E-state index in [-0.39, 0.29) is 5.41 Å². The molecule has 1 nitrogen and oxygen atoms in total. The zero-order chi connectivity index (χ0) is 49.6. The van der Waals surface area contributed by atoms with E-state index >= 15 is 0 Å². The Kier molecular flexibility index (Phi) is 10.0. The van der Waals surface area contributed by atoms with Gasteiger partial charge in [0.25, 0.3) is 0 Å². The summed E-state index contributed by atoms with van der Waals surface area (Å²) >= 11 is 0. The summed E-state index contributed by atoms with van der Waals surface area (Å²) in [4.78, 5) is 2.49. The van der Waals surface area contributed by atoms with Crippen molar-refractivity contribution in [2.24, 2.45) is 0 Å². The molecule has 2 heteroatoms. The van der Waals surface area contributed by atoms with Gasteiger partial charge in [0.05, 0.1) is 5.41 Å². The minimum atomic E-state index is -2.75. The molecule has 11 aromatic rings. The first-order chi connectivity index (χ1) is 36.4. The first kappa shape index (κ1) is 43.9. The highest BCUT2D eigenvalue weighted by atomic mass is 28.3. The highest BCUT2D eigenvalue weighted by Gasteiger charge is 2.49. The van der Waals surface area contributed by atoms with Crippen LogP contribution < -0.4 is 25.6 Å². The maximum atomic E-state index is 4.37. The molecular weight excluding hydrogens is 907 g/mol. The lowest BCUT2D eigenvalue weighted by atomic mass is 9.67. The second kappa shape index (κ2) is 16.9. The van der Waals surface area contributed by atoms with Crippen molar-refractivity contribution in [3.63, 3.8) is 0 Å². The van der Waals surface area contributed by atoms with Crippen molar-refractivity contribution in [3.8, 4) is 44.5 Å². The molecule has 1 aliphatic heterocycles. The fourth-order valence-electron chi connectivity index (χ4n) is 13.5. The molecule has 0 atom stereocenters. The highest BCUT2D eigenvalue weighted by Crippen LogP contribution is 2.58. The van der Waals surface area contributed by atoms with Crippen LogP contribution in [0.3, 0.4) is 0 Å². The lowest BCUT2D eigenvalue weighted by Gasteiger charge is -2.35. The van der Waals surface area contributed by atoms with Gasteiger partial charge in [0.15, 0.2) is 8.07 Å². The fourth-order valence-corrected chi connectivity index (χ4v) is 18.8. The Morgan fingerprint density at radius 1 is 0.351 bits per heavy atom. The van der Waals surface area contributed by atoms with E-state index in [0.29, 0.717) is 0 Å². The Morgan fingerprint density at radius 2 is 0.811 bits per heavy atom. The molecule has 0 amide bonds. The number of fused-ring (bicyclic) bond motifs is 9. The third-order valence-electron chi connectivity index (χ3n) is 16.8. The number of nitrogens with zero attached hydrogens (tertiary/aromatic N) is 1. The third kappa shape index (κ3) is 6.28. The molecule has 0 saturated heterocycles. The summed E-state index contributed by atoms with van der Waals surface area (Å²) in [5.74, 6) is 0. The van der Waals surface area contributed by atoms with E-state index in [1.165, 1.54) is 93.1 Å². The molecule has 0 aromatic heterocycles. The SMILES string of the molecule is C=Cc1cc(-c2ccc(N(c3ccc4c(c3)C(C)(C)c3ccccc3-4)c3ccc4c(c3)C(c3ccccc3)(c3ccccc3)c3ccccc3-4)cc2)cc([Si]2(c3ccccc3)c3ccccc3-c3ccccc32)c1. The molecule has 1 heterocycles. The van der Waals surface area contributed by atoms with Crippen LogP contribution in [0.2, 0.25) is 0 Å². The van der Waals surface area contributed by atoms with E-state index in [1.54, 1.807) is 0 Å². The van der Waals surface area contributed by atoms with Crippen LogP contribution in [-0.4, -0.2) is 8.07 Å². The van der Waals surface area contributed by atoms with Crippen molar-refractivity contribution in [3.05, 3.63) is 312 Å². The smallest absolute Gasteiger partial charge is 0.180 e. The van der Waals surface area contributed by atoms with E-state index < -0.39 is 13.5 Å². The topological polar surface area (TPSA) is 3.24 Å². The van der Waals surface area contributed by atoms with Gasteiger partial charge in [-0.25, -0.2) is 0 Å². The summed E-state index contributed by atoms with van der Waals surface area (Å²) in [5.41, 5.74) is 21.8. The largest absolute Gasteiger partial charge is 0.310 e. The first-order valence-electron chi connectivity index (χ1n) is 25.9. The molecule has 0 bridgehead atoms. The van der Waals surface area contributed by atoms with E-state index in [4.69, 9.17) is 0 Å². The average Bonchev–Trinajstić information content (AvgIpc) is 4.04. The lowest BCUT2D eigenvalue weighted by molar-refractivity contribution is 0.660. The molecule has 0 unspecified atom stereocenters. The first-order valence-corrected chi connectivity index (χ1v) is 27.9. The number of anilines is 3. The van der Waals surface area contributed by atoms with Crippen LogP contribution in [0.15, 0.2) is 273 Å². The average molecular weight is 960 g/mol. The van der Waals surface area contributed by atoms with E-state index in [1.807, 2.05) is 6.08 Å². The maximum absolute atomic E-state index is 4.37. The van der Waals surface area contributed by atoms with Crippen molar-refractivity contribution >= 4 is 52.0 Å². The number of rotatable bonds is 9. The second-order valence-electron chi connectivity index (χ2n) is 20.8. The summed E-state index contributed by atoms with van der Waals surface area (Å²) < 4.78 is 0. The van der Waals surface area contributed by atoms with Gasteiger partial charge in [-0.15, -0.1) is 0 Å². The quantitative estimate of drug-likeness (QED) is 0.130. The monoisotopic (exact) mass is 959 g/mol. The third-order valence-corrected chi connectivity index (χ3v) is 21.6. The summed E-state index contributed by atoms with van der Waals surface area (Å²) in [5, 5.41) is 5.62. The predicted molar refractivity (Wildman–Crippen MR) is 314 cm³/mol. The van der Waals surface area contributed by atoms with Crippen LogP contribution in [0, 0.1) is 0 Å². The number of benzene rings is 11. The van der Waals surface area contributed by atoms with Crippen LogP contribution in [-0.2, 0) is 10.8 Å².